The third kappa shape index (κ3) is 3.59. The highest BCUT2D eigenvalue weighted by molar-refractivity contribution is 7.89. The van der Waals surface area contributed by atoms with Gasteiger partial charge in [0, 0.05) is 36.8 Å². The maximum Gasteiger partial charge on any atom is 0.411 e. The Hall–Kier alpha value is -2.14. The van der Waals surface area contributed by atoms with Crippen molar-refractivity contribution in [2.75, 3.05) is 13.1 Å². The minimum Gasteiger partial charge on any atom is -0.346 e. The van der Waals surface area contributed by atoms with Crippen LogP contribution in [0.25, 0.3) is 11.0 Å². The van der Waals surface area contributed by atoms with Crippen molar-refractivity contribution in [3.05, 3.63) is 30.1 Å². The Morgan fingerprint density at radius 2 is 1.91 bits per heavy atom. The van der Waals surface area contributed by atoms with E-state index in [0.717, 1.165) is 16.6 Å². The number of hydrogen-bond acceptors (Lipinski definition) is 4. The van der Waals surface area contributed by atoms with Crippen molar-refractivity contribution in [2.24, 2.45) is 5.92 Å². The SMILES string of the molecule is O=C(NC1(C(F)(F)F)CC1)[C@H]1C[C@@H](S(=O)(=O)N2CCC(c3c[nH]c4ncccc34)CC2)C1. The molecule has 0 aromatic carbocycles. The first kappa shape index (κ1) is 21.7. The molecule has 0 unspecified atom stereocenters. The standard InChI is InChI=1S/C21H25F3N4O3S/c22-21(23,24)20(5-6-20)27-19(29)14-10-15(11-14)32(30,31)28-8-3-13(4-9-28)17-12-26-18-16(17)2-1-7-25-18/h1-2,7,12-15H,3-6,8-11H2,(H,25,26)(H,27,29)/t14-,15+. The first-order chi connectivity index (χ1) is 15.1. The summed E-state index contributed by atoms with van der Waals surface area (Å²) in [4.78, 5) is 19.7. The van der Waals surface area contributed by atoms with E-state index in [1.165, 1.54) is 4.31 Å². The molecule has 5 rings (SSSR count). The van der Waals surface area contributed by atoms with Gasteiger partial charge in [-0.1, -0.05) is 0 Å². The van der Waals surface area contributed by atoms with Crippen LogP contribution in [-0.4, -0.2) is 58.7 Å². The van der Waals surface area contributed by atoms with Crippen LogP contribution in [0.4, 0.5) is 13.2 Å². The molecule has 2 saturated carbocycles. The number of fused-ring (bicyclic) bond motifs is 1. The maximum absolute atomic E-state index is 13.0. The normalized spacial score (nSPS) is 26.6. The number of nitrogens with zero attached hydrogens (tertiary/aromatic N) is 2. The molecule has 2 aromatic rings. The van der Waals surface area contributed by atoms with Gasteiger partial charge in [0.15, 0.2) is 0 Å². The van der Waals surface area contributed by atoms with Gasteiger partial charge in [-0.05, 0) is 62.1 Å². The van der Waals surface area contributed by atoms with Crippen LogP contribution in [0, 0.1) is 5.92 Å². The Balaban J connectivity index is 1.16. The van der Waals surface area contributed by atoms with Crippen LogP contribution in [0.1, 0.15) is 50.0 Å². The van der Waals surface area contributed by atoms with Crippen LogP contribution in [0.2, 0.25) is 0 Å². The summed E-state index contributed by atoms with van der Waals surface area (Å²) in [5.41, 5.74) is -0.146. The van der Waals surface area contributed by atoms with Crippen LogP contribution in [0.15, 0.2) is 24.5 Å². The molecule has 3 aliphatic rings. The molecule has 174 valence electrons. The van der Waals surface area contributed by atoms with E-state index < -0.39 is 38.8 Å². The molecule has 7 nitrogen and oxygen atoms in total. The number of amides is 1. The second-order valence-corrected chi connectivity index (χ2v) is 11.4. The molecule has 3 fully saturated rings. The van der Waals surface area contributed by atoms with Crippen molar-refractivity contribution in [1.29, 1.82) is 0 Å². The third-order valence-corrected chi connectivity index (χ3v) is 9.59. The number of sulfonamides is 1. The fourth-order valence-corrected chi connectivity index (χ4v) is 7.00. The predicted octanol–water partition coefficient (Wildman–Crippen LogP) is 3.06. The van der Waals surface area contributed by atoms with Gasteiger partial charge in [-0.25, -0.2) is 17.7 Å². The molecule has 2 aromatic heterocycles. The first-order valence-electron chi connectivity index (χ1n) is 10.9. The van der Waals surface area contributed by atoms with Crippen molar-refractivity contribution in [3.63, 3.8) is 0 Å². The zero-order valence-corrected chi connectivity index (χ0v) is 18.2. The van der Waals surface area contributed by atoms with Crippen molar-refractivity contribution < 1.29 is 26.4 Å². The summed E-state index contributed by atoms with van der Waals surface area (Å²) in [7, 11) is -3.57. The van der Waals surface area contributed by atoms with E-state index in [0.29, 0.717) is 25.9 Å². The summed E-state index contributed by atoms with van der Waals surface area (Å²) in [6, 6.07) is 3.88. The molecule has 2 aliphatic carbocycles. The smallest absolute Gasteiger partial charge is 0.346 e. The fourth-order valence-electron chi connectivity index (χ4n) is 4.91. The van der Waals surface area contributed by atoms with Gasteiger partial charge in [0.2, 0.25) is 15.9 Å². The van der Waals surface area contributed by atoms with Gasteiger partial charge in [0.25, 0.3) is 0 Å². The van der Waals surface area contributed by atoms with Gasteiger partial charge < -0.3 is 10.3 Å². The third-order valence-electron chi connectivity index (χ3n) is 7.28. The molecule has 1 aliphatic heterocycles. The number of aromatic nitrogens is 2. The van der Waals surface area contributed by atoms with E-state index in [-0.39, 0.29) is 31.6 Å². The lowest BCUT2D eigenvalue weighted by atomic mass is 9.84. The number of rotatable bonds is 5. The molecule has 1 saturated heterocycles. The molecule has 0 bridgehead atoms. The number of halogens is 3. The minimum absolute atomic E-state index is 0.0795. The lowest BCUT2D eigenvalue weighted by Gasteiger charge is -2.40. The molecule has 32 heavy (non-hydrogen) atoms. The van der Waals surface area contributed by atoms with Gasteiger partial charge in [0.05, 0.1) is 5.25 Å². The Bertz CT molecular complexity index is 1130. The van der Waals surface area contributed by atoms with Gasteiger partial charge in [-0.2, -0.15) is 13.2 Å². The predicted molar refractivity (Wildman–Crippen MR) is 111 cm³/mol. The lowest BCUT2D eigenvalue weighted by Crippen LogP contribution is -2.55. The molecular weight excluding hydrogens is 445 g/mol. The first-order valence-corrected chi connectivity index (χ1v) is 12.4. The number of carbonyl (C=O) groups excluding carboxylic acids is 1. The lowest BCUT2D eigenvalue weighted by molar-refractivity contribution is -0.172. The van der Waals surface area contributed by atoms with Crippen LogP contribution in [-0.2, 0) is 14.8 Å². The molecule has 11 heteroatoms. The Morgan fingerprint density at radius 1 is 1.22 bits per heavy atom. The average molecular weight is 471 g/mol. The average Bonchev–Trinajstić information content (AvgIpc) is 3.37. The number of aromatic amines is 1. The summed E-state index contributed by atoms with van der Waals surface area (Å²) in [6.45, 7) is 0.787. The monoisotopic (exact) mass is 470 g/mol. The number of pyridine rings is 1. The number of H-pyrrole nitrogens is 1. The Labute approximate surface area is 183 Å². The number of carbonyl (C=O) groups is 1. The van der Waals surface area contributed by atoms with Gasteiger partial charge in [0.1, 0.15) is 11.2 Å². The van der Waals surface area contributed by atoms with E-state index in [1.54, 1.807) is 6.20 Å². The molecule has 0 atom stereocenters. The molecule has 0 spiro atoms. The number of alkyl halides is 3. The summed E-state index contributed by atoms with van der Waals surface area (Å²) in [5, 5.41) is 2.47. The summed E-state index contributed by atoms with van der Waals surface area (Å²) in [5.74, 6) is -1.12. The van der Waals surface area contributed by atoms with Crippen molar-refractivity contribution >= 4 is 27.0 Å². The van der Waals surface area contributed by atoms with Crippen molar-refractivity contribution in [2.45, 2.75) is 61.4 Å². The second-order valence-electron chi connectivity index (χ2n) is 9.22. The summed E-state index contributed by atoms with van der Waals surface area (Å²) in [6.07, 6.45) is 0.496. The summed E-state index contributed by atoms with van der Waals surface area (Å²) < 4.78 is 66.6. The van der Waals surface area contributed by atoms with E-state index in [9.17, 15) is 26.4 Å². The molecule has 0 radical (unpaired) electrons. The fraction of sp³-hybridized carbons (Fsp3) is 0.619. The zero-order chi connectivity index (χ0) is 22.7. The van der Waals surface area contributed by atoms with E-state index in [2.05, 4.69) is 15.3 Å². The Morgan fingerprint density at radius 3 is 2.53 bits per heavy atom. The topological polar surface area (TPSA) is 95.2 Å². The van der Waals surface area contributed by atoms with E-state index in [1.807, 2.05) is 18.3 Å². The van der Waals surface area contributed by atoms with Crippen molar-refractivity contribution in [1.82, 2.24) is 19.6 Å². The maximum atomic E-state index is 13.0. The van der Waals surface area contributed by atoms with Crippen LogP contribution >= 0.6 is 0 Å². The van der Waals surface area contributed by atoms with Crippen molar-refractivity contribution in [3.8, 4) is 0 Å². The highest BCUT2D eigenvalue weighted by Gasteiger charge is 2.65. The van der Waals surface area contributed by atoms with E-state index in [4.69, 9.17) is 0 Å². The van der Waals surface area contributed by atoms with Crippen LogP contribution in [0.5, 0.6) is 0 Å². The molecule has 3 heterocycles. The molecule has 1 amide bonds. The Kier molecular flexibility index (Phi) is 5.05. The largest absolute Gasteiger partial charge is 0.411 e. The second kappa shape index (κ2) is 7.44. The summed E-state index contributed by atoms with van der Waals surface area (Å²) >= 11 is 0. The number of nitrogens with one attached hydrogen (secondary N) is 2. The van der Waals surface area contributed by atoms with E-state index >= 15 is 0 Å². The van der Waals surface area contributed by atoms with Gasteiger partial charge in [-0.15, -0.1) is 0 Å². The highest BCUT2D eigenvalue weighted by atomic mass is 32.2. The highest BCUT2D eigenvalue weighted by Crippen LogP contribution is 2.49. The van der Waals surface area contributed by atoms with Gasteiger partial charge in [-0.3, -0.25) is 4.79 Å². The molecule has 2 N–H and O–H groups in total. The van der Waals surface area contributed by atoms with Gasteiger partial charge >= 0.3 is 6.18 Å². The molecular formula is C21H25F3N4O3S. The number of hydrogen-bond donors (Lipinski definition) is 2. The van der Waals surface area contributed by atoms with Crippen LogP contribution < -0.4 is 5.32 Å². The quantitative estimate of drug-likeness (QED) is 0.702. The number of piperidine rings is 1. The van der Waals surface area contributed by atoms with Crippen LogP contribution in [0.3, 0.4) is 0 Å². The zero-order valence-electron chi connectivity index (χ0n) is 17.4. The minimum atomic E-state index is -4.47.